The first-order chi connectivity index (χ1) is 6.29. The van der Waals surface area contributed by atoms with Crippen LogP contribution in [0.25, 0.3) is 11.3 Å². The fraction of sp³-hybridized carbons (Fsp3) is 0.222. The van der Waals surface area contributed by atoms with Gasteiger partial charge in [0.1, 0.15) is 0 Å². The molecule has 0 saturated heterocycles. The third kappa shape index (κ3) is 1.48. The highest BCUT2D eigenvalue weighted by atomic mass is 16.5. The maximum atomic E-state index is 5.42. The van der Waals surface area contributed by atoms with Gasteiger partial charge in [0.15, 0.2) is 5.76 Å². The predicted octanol–water partition coefficient (Wildman–Crippen LogP) is 1.14. The smallest absolute Gasteiger partial charge is 0.168 e. The Kier molecular flexibility index (Phi) is 1.90. The van der Waals surface area contributed by atoms with Crippen molar-refractivity contribution in [3.05, 3.63) is 30.2 Å². The van der Waals surface area contributed by atoms with Crippen LogP contribution in [0, 0.1) is 0 Å². The Labute approximate surface area is 75.9 Å². The van der Waals surface area contributed by atoms with Crippen LogP contribution in [0.1, 0.15) is 5.69 Å². The molecule has 2 aromatic rings. The van der Waals surface area contributed by atoms with Gasteiger partial charge in [-0.25, -0.2) is 0 Å². The predicted molar refractivity (Wildman–Crippen MR) is 48.8 cm³/mol. The van der Waals surface area contributed by atoms with Crippen LogP contribution >= 0.6 is 0 Å². The van der Waals surface area contributed by atoms with Crippen LogP contribution in [0.3, 0.4) is 0 Å². The monoisotopic (exact) mass is 177 g/mol. The normalized spacial score (nSPS) is 10.6. The van der Waals surface area contributed by atoms with Crippen molar-refractivity contribution < 1.29 is 4.52 Å². The van der Waals surface area contributed by atoms with E-state index < -0.39 is 0 Å². The Bertz CT molecular complexity index is 402. The van der Waals surface area contributed by atoms with Gasteiger partial charge in [-0.15, -0.1) is 0 Å². The number of hydrogen-bond acceptors (Lipinski definition) is 3. The van der Waals surface area contributed by atoms with Crippen molar-refractivity contribution in [1.29, 1.82) is 0 Å². The fourth-order valence-corrected chi connectivity index (χ4v) is 1.19. The maximum Gasteiger partial charge on any atom is 0.168 e. The second kappa shape index (κ2) is 3.06. The van der Waals surface area contributed by atoms with E-state index in [-0.39, 0.29) is 0 Å². The summed E-state index contributed by atoms with van der Waals surface area (Å²) in [6, 6.07) is 3.83. The molecule has 0 aromatic carbocycles. The molecule has 2 aromatic heterocycles. The van der Waals surface area contributed by atoms with E-state index in [9.17, 15) is 0 Å². The second-order valence-electron chi connectivity index (χ2n) is 2.95. The summed E-state index contributed by atoms with van der Waals surface area (Å²) < 4.78 is 7.07. The van der Waals surface area contributed by atoms with E-state index in [0.29, 0.717) is 6.54 Å². The van der Waals surface area contributed by atoms with Gasteiger partial charge < -0.3 is 14.8 Å². The third-order valence-corrected chi connectivity index (χ3v) is 1.88. The van der Waals surface area contributed by atoms with Crippen LogP contribution in [0.15, 0.2) is 29.0 Å². The van der Waals surface area contributed by atoms with E-state index in [1.807, 2.05) is 36.1 Å². The van der Waals surface area contributed by atoms with Crippen LogP contribution in [0.2, 0.25) is 0 Å². The van der Waals surface area contributed by atoms with Gasteiger partial charge in [-0.05, 0) is 6.07 Å². The Morgan fingerprint density at radius 3 is 3.00 bits per heavy atom. The summed E-state index contributed by atoms with van der Waals surface area (Å²) in [5.41, 5.74) is 7.22. The molecule has 2 N–H and O–H groups in total. The van der Waals surface area contributed by atoms with Gasteiger partial charge in [0.25, 0.3) is 0 Å². The molecule has 0 unspecified atom stereocenters. The first-order valence-corrected chi connectivity index (χ1v) is 4.07. The minimum Gasteiger partial charge on any atom is -0.357 e. The lowest BCUT2D eigenvalue weighted by atomic mass is 10.2. The standard InChI is InChI=1S/C9H11N3O/c1-12-3-2-7(6-12)9-4-8(5-10)11-13-9/h2-4,6H,5,10H2,1H3. The molecule has 0 aliphatic rings. The molecule has 0 atom stereocenters. The van der Waals surface area contributed by atoms with Crippen LogP contribution in [-0.4, -0.2) is 9.72 Å². The SMILES string of the molecule is Cn1ccc(-c2cc(CN)no2)c1. The molecule has 0 fully saturated rings. The van der Waals surface area contributed by atoms with Crippen LogP contribution in [-0.2, 0) is 13.6 Å². The molecule has 0 aliphatic heterocycles. The molecule has 0 saturated carbocycles. The summed E-state index contributed by atoms with van der Waals surface area (Å²) in [7, 11) is 1.96. The highest BCUT2D eigenvalue weighted by Gasteiger charge is 2.05. The van der Waals surface area contributed by atoms with Crippen molar-refractivity contribution >= 4 is 0 Å². The molecular weight excluding hydrogens is 166 g/mol. The first-order valence-electron chi connectivity index (χ1n) is 4.07. The Hall–Kier alpha value is -1.55. The van der Waals surface area contributed by atoms with Gasteiger partial charge in [0.2, 0.25) is 0 Å². The molecule has 0 amide bonds. The van der Waals surface area contributed by atoms with E-state index in [4.69, 9.17) is 10.3 Å². The Morgan fingerprint density at radius 1 is 1.62 bits per heavy atom. The zero-order chi connectivity index (χ0) is 9.26. The molecule has 2 rings (SSSR count). The molecule has 2 heterocycles. The summed E-state index contributed by atoms with van der Waals surface area (Å²) in [5, 5.41) is 3.81. The third-order valence-electron chi connectivity index (χ3n) is 1.88. The highest BCUT2D eigenvalue weighted by molar-refractivity contribution is 5.56. The summed E-state index contributed by atoms with van der Waals surface area (Å²) in [6.07, 6.45) is 3.93. The number of nitrogens with zero attached hydrogens (tertiary/aromatic N) is 2. The molecular formula is C9H11N3O. The molecule has 13 heavy (non-hydrogen) atoms. The maximum absolute atomic E-state index is 5.42. The Balaban J connectivity index is 2.35. The Morgan fingerprint density at radius 2 is 2.46 bits per heavy atom. The average molecular weight is 177 g/mol. The minimum atomic E-state index is 0.413. The molecule has 68 valence electrons. The van der Waals surface area contributed by atoms with E-state index in [1.165, 1.54) is 0 Å². The van der Waals surface area contributed by atoms with Crippen molar-refractivity contribution in [3.8, 4) is 11.3 Å². The van der Waals surface area contributed by atoms with Gasteiger partial charge in [0, 0.05) is 37.6 Å². The van der Waals surface area contributed by atoms with Crippen molar-refractivity contribution in [2.45, 2.75) is 6.54 Å². The summed E-state index contributed by atoms with van der Waals surface area (Å²) in [4.78, 5) is 0. The highest BCUT2D eigenvalue weighted by Crippen LogP contribution is 2.19. The zero-order valence-electron chi connectivity index (χ0n) is 7.40. The second-order valence-corrected chi connectivity index (χ2v) is 2.95. The van der Waals surface area contributed by atoms with Crippen LogP contribution in [0.4, 0.5) is 0 Å². The quantitative estimate of drug-likeness (QED) is 0.748. The topological polar surface area (TPSA) is 57.0 Å². The molecule has 0 bridgehead atoms. The van der Waals surface area contributed by atoms with Crippen LogP contribution < -0.4 is 5.73 Å². The van der Waals surface area contributed by atoms with Gasteiger partial charge in [-0.3, -0.25) is 0 Å². The van der Waals surface area contributed by atoms with E-state index >= 15 is 0 Å². The number of aromatic nitrogens is 2. The average Bonchev–Trinajstić information content (AvgIpc) is 2.71. The molecule has 0 aliphatic carbocycles. The van der Waals surface area contributed by atoms with E-state index in [1.54, 1.807) is 0 Å². The fourth-order valence-electron chi connectivity index (χ4n) is 1.19. The lowest BCUT2D eigenvalue weighted by Gasteiger charge is -1.86. The minimum absolute atomic E-state index is 0.413. The van der Waals surface area contributed by atoms with Gasteiger partial charge in [-0.2, -0.15) is 0 Å². The van der Waals surface area contributed by atoms with Crippen molar-refractivity contribution in [1.82, 2.24) is 9.72 Å². The summed E-state index contributed by atoms with van der Waals surface area (Å²) in [6.45, 7) is 0.413. The lowest BCUT2D eigenvalue weighted by Crippen LogP contribution is -1.94. The first kappa shape index (κ1) is 8.07. The van der Waals surface area contributed by atoms with Gasteiger partial charge >= 0.3 is 0 Å². The number of nitrogens with two attached hydrogens (primary N) is 1. The molecule has 0 spiro atoms. The van der Waals surface area contributed by atoms with Crippen LogP contribution in [0.5, 0.6) is 0 Å². The molecule has 4 nitrogen and oxygen atoms in total. The molecule has 0 radical (unpaired) electrons. The summed E-state index contributed by atoms with van der Waals surface area (Å²) >= 11 is 0. The van der Waals surface area contributed by atoms with Crippen molar-refractivity contribution in [2.75, 3.05) is 0 Å². The largest absolute Gasteiger partial charge is 0.357 e. The number of aryl methyl sites for hydroxylation is 1. The zero-order valence-corrected chi connectivity index (χ0v) is 7.40. The summed E-state index contributed by atoms with van der Waals surface area (Å²) in [5.74, 6) is 0.765. The van der Waals surface area contributed by atoms with Gasteiger partial charge in [-0.1, -0.05) is 5.16 Å². The number of hydrogen-bond donors (Lipinski definition) is 1. The lowest BCUT2D eigenvalue weighted by molar-refractivity contribution is 0.424. The van der Waals surface area contributed by atoms with E-state index in [2.05, 4.69) is 5.16 Å². The molecule has 4 heteroatoms. The number of rotatable bonds is 2. The van der Waals surface area contributed by atoms with Crippen molar-refractivity contribution in [2.24, 2.45) is 12.8 Å². The van der Waals surface area contributed by atoms with E-state index in [0.717, 1.165) is 17.0 Å². The van der Waals surface area contributed by atoms with Crippen molar-refractivity contribution in [3.63, 3.8) is 0 Å². The van der Waals surface area contributed by atoms with Gasteiger partial charge in [0.05, 0.1) is 5.69 Å².